The third-order valence-electron chi connectivity index (χ3n) is 6.33. The first-order chi connectivity index (χ1) is 18.9. The maximum atomic E-state index is 11.1. The summed E-state index contributed by atoms with van der Waals surface area (Å²) in [7, 11) is 0. The van der Waals surface area contributed by atoms with Crippen molar-refractivity contribution in [1.82, 2.24) is 0 Å². The van der Waals surface area contributed by atoms with Gasteiger partial charge < -0.3 is 19.3 Å². The van der Waals surface area contributed by atoms with Gasteiger partial charge in [0, 0.05) is 17.1 Å². The number of nitrogens with zero attached hydrogens (tertiary/aromatic N) is 1. The zero-order valence-corrected chi connectivity index (χ0v) is 25.1. The van der Waals surface area contributed by atoms with Crippen LogP contribution < -0.4 is 9.47 Å². The highest BCUT2D eigenvalue weighted by Gasteiger charge is 2.22. The van der Waals surface area contributed by atoms with E-state index in [2.05, 4.69) is 34.4 Å². The monoisotopic (exact) mass is 663 g/mol. The predicted molar refractivity (Wildman–Crippen MR) is 161 cm³/mol. The molecule has 0 bridgehead atoms. The molecule has 8 heteroatoms. The lowest BCUT2D eigenvalue weighted by Crippen LogP contribution is -2.25. The van der Waals surface area contributed by atoms with E-state index in [0.717, 1.165) is 18.1 Å². The van der Waals surface area contributed by atoms with E-state index in [-0.39, 0.29) is 18.3 Å². The molecule has 208 valence electrons. The van der Waals surface area contributed by atoms with Crippen LogP contribution in [0, 0.1) is 40.9 Å². The number of benzene rings is 2. The minimum atomic E-state index is -0.884. The van der Waals surface area contributed by atoms with Crippen LogP contribution in [0.15, 0.2) is 42.5 Å². The molecule has 0 aliphatic heterocycles. The van der Waals surface area contributed by atoms with Crippen LogP contribution in [0.25, 0.3) is 0 Å². The highest BCUT2D eigenvalue weighted by molar-refractivity contribution is 14.1. The first-order valence-electron chi connectivity index (χ1n) is 13.2. The van der Waals surface area contributed by atoms with Gasteiger partial charge in [0.15, 0.2) is 0 Å². The van der Waals surface area contributed by atoms with Gasteiger partial charge in [-0.15, -0.1) is 5.92 Å². The van der Waals surface area contributed by atoms with Crippen LogP contribution in [0.2, 0.25) is 5.02 Å². The maximum absolute atomic E-state index is 11.1. The molecule has 4 rings (SSSR count). The van der Waals surface area contributed by atoms with E-state index in [1.165, 1.54) is 30.1 Å². The van der Waals surface area contributed by atoms with Crippen LogP contribution in [-0.2, 0) is 9.53 Å². The third-order valence-corrected chi connectivity index (χ3v) is 7.89. The number of aliphatic carboxylic acids is 1. The number of halogens is 2. The molecule has 2 unspecified atom stereocenters. The average molecular weight is 664 g/mol. The first kappa shape index (κ1) is 31.1. The molecule has 6 nitrogen and oxygen atoms in total. The van der Waals surface area contributed by atoms with Gasteiger partial charge in [0.1, 0.15) is 17.6 Å². The van der Waals surface area contributed by atoms with E-state index in [9.17, 15) is 4.79 Å². The van der Waals surface area contributed by atoms with Crippen LogP contribution in [0.4, 0.5) is 0 Å². The summed E-state index contributed by atoms with van der Waals surface area (Å²) in [4.78, 5) is 11.1. The van der Waals surface area contributed by atoms with Gasteiger partial charge in [-0.2, -0.15) is 5.26 Å². The molecule has 2 aromatic rings. The Kier molecular flexibility index (Phi) is 13.2. The number of carboxylic acid groups (broad SMARTS) is 1. The van der Waals surface area contributed by atoms with Gasteiger partial charge >= 0.3 is 5.97 Å². The molecule has 2 aliphatic carbocycles. The molecular weight excluding hydrogens is 629 g/mol. The van der Waals surface area contributed by atoms with Gasteiger partial charge in [0.2, 0.25) is 0 Å². The molecule has 0 radical (unpaired) electrons. The fourth-order valence-corrected chi connectivity index (χ4v) is 4.70. The van der Waals surface area contributed by atoms with Crippen LogP contribution in [0.3, 0.4) is 0 Å². The molecule has 2 aromatic carbocycles. The Morgan fingerprint density at radius 1 is 1.05 bits per heavy atom. The maximum Gasteiger partial charge on any atom is 0.304 e. The summed E-state index contributed by atoms with van der Waals surface area (Å²) in [6, 6.07) is 14.4. The summed E-state index contributed by atoms with van der Waals surface area (Å²) in [5.41, 5.74) is 1.25. The van der Waals surface area contributed by atoms with Crippen molar-refractivity contribution in [3.63, 3.8) is 0 Å². The number of ether oxygens (including phenoxy) is 3. The van der Waals surface area contributed by atoms with E-state index in [1.54, 1.807) is 25.1 Å². The summed E-state index contributed by atoms with van der Waals surface area (Å²) >= 11 is 8.54. The standard InChI is InChI=1S/C27H28ClNO5.C4H7I/c1-2-3-22(12-27(30)31)21-6-9-24(10-7-21)33-17-20(16-32-15-19-4-5-19)18-34-25-11-8-23(14-29)26(28)13-25;5-3-4-1-2-4/h6-11,13,19-20,22H,4-5,12,15-18H2,1H3,(H,30,31);4H,1-3H2. The molecule has 0 spiro atoms. The Hall–Kier alpha value is -2.46. The summed E-state index contributed by atoms with van der Waals surface area (Å²) in [6.07, 6.45) is 5.40. The Morgan fingerprint density at radius 3 is 2.21 bits per heavy atom. The molecule has 2 atom stereocenters. The molecule has 0 aromatic heterocycles. The summed E-state index contributed by atoms with van der Waals surface area (Å²) in [5, 5.41) is 18.5. The average Bonchev–Trinajstić information content (AvgIpc) is 3.85. The largest absolute Gasteiger partial charge is 0.493 e. The van der Waals surface area contributed by atoms with Crippen molar-refractivity contribution in [3.8, 4) is 29.4 Å². The zero-order chi connectivity index (χ0) is 28.0. The van der Waals surface area contributed by atoms with Gasteiger partial charge in [-0.25, -0.2) is 0 Å². The summed E-state index contributed by atoms with van der Waals surface area (Å²) < 4.78 is 19.1. The number of hydrogen-bond acceptors (Lipinski definition) is 5. The van der Waals surface area contributed by atoms with Crippen LogP contribution in [0.5, 0.6) is 11.5 Å². The van der Waals surface area contributed by atoms with E-state index in [4.69, 9.17) is 36.2 Å². The van der Waals surface area contributed by atoms with Gasteiger partial charge in [-0.3, -0.25) is 4.79 Å². The molecular formula is C31H35ClINO5. The van der Waals surface area contributed by atoms with Crippen molar-refractivity contribution >= 4 is 40.2 Å². The molecule has 0 amide bonds. The van der Waals surface area contributed by atoms with Crippen LogP contribution in [-0.4, -0.2) is 41.9 Å². The van der Waals surface area contributed by atoms with Crippen molar-refractivity contribution in [1.29, 1.82) is 5.26 Å². The molecule has 2 fully saturated rings. The topological polar surface area (TPSA) is 88.8 Å². The van der Waals surface area contributed by atoms with E-state index in [1.807, 2.05) is 30.3 Å². The Bertz CT molecular complexity index is 1160. The van der Waals surface area contributed by atoms with Crippen molar-refractivity contribution in [2.45, 2.75) is 44.9 Å². The number of carbonyl (C=O) groups is 1. The van der Waals surface area contributed by atoms with Crippen molar-refractivity contribution in [3.05, 3.63) is 58.6 Å². The summed E-state index contributed by atoms with van der Waals surface area (Å²) in [6.45, 7) is 3.72. The normalized spacial score (nSPS) is 15.4. The van der Waals surface area contributed by atoms with Gasteiger partial charge in [-0.1, -0.05) is 52.2 Å². The quantitative estimate of drug-likeness (QED) is 0.132. The molecule has 0 heterocycles. The fraction of sp³-hybridized carbons (Fsp3) is 0.484. The Balaban J connectivity index is 0.000000753. The van der Waals surface area contributed by atoms with Crippen molar-refractivity contribution in [2.75, 3.05) is 30.9 Å². The molecule has 2 aliphatic rings. The van der Waals surface area contributed by atoms with E-state index in [0.29, 0.717) is 47.8 Å². The second-order valence-electron chi connectivity index (χ2n) is 9.93. The number of hydrogen-bond donors (Lipinski definition) is 1. The molecule has 39 heavy (non-hydrogen) atoms. The number of nitriles is 1. The Labute approximate surface area is 250 Å². The molecule has 2 saturated carbocycles. The third kappa shape index (κ3) is 12.1. The number of carboxylic acids is 1. The van der Waals surface area contributed by atoms with Crippen LogP contribution in [0.1, 0.15) is 56.1 Å². The second-order valence-corrected chi connectivity index (χ2v) is 11.2. The van der Waals surface area contributed by atoms with Crippen molar-refractivity contribution in [2.24, 2.45) is 17.8 Å². The lowest BCUT2D eigenvalue weighted by Gasteiger charge is -2.19. The number of alkyl halides is 1. The predicted octanol–water partition coefficient (Wildman–Crippen LogP) is 7.13. The number of rotatable bonds is 14. The second kappa shape index (κ2) is 16.6. The summed E-state index contributed by atoms with van der Waals surface area (Å²) in [5.74, 6) is 7.54. The smallest absolute Gasteiger partial charge is 0.304 e. The van der Waals surface area contributed by atoms with Gasteiger partial charge in [0.25, 0.3) is 0 Å². The lowest BCUT2D eigenvalue weighted by atomic mass is 9.96. The van der Waals surface area contributed by atoms with E-state index < -0.39 is 5.97 Å². The van der Waals surface area contributed by atoms with Gasteiger partial charge in [-0.05, 0) is 74.3 Å². The van der Waals surface area contributed by atoms with E-state index >= 15 is 0 Å². The highest BCUT2D eigenvalue weighted by atomic mass is 127. The zero-order valence-electron chi connectivity index (χ0n) is 22.2. The first-order valence-corrected chi connectivity index (χ1v) is 15.1. The molecule has 1 N–H and O–H groups in total. The highest BCUT2D eigenvalue weighted by Crippen LogP contribution is 2.30. The molecule has 0 saturated heterocycles. The Morgan fingerprint density at radius 2 is 1.69 bits per heavy atom. The van der Waals surface area contributed by atoms with Crippen LogP contribution >= 0.6 is 34.2 Å². The lowest BCUT2D eigenvalue weighted by molar-refractivity contribution is -0.137. The minimum Gasteiger partial charge on any atom is -0.493 e. The van der Waals surface area contributed by atoms with Gasteiger partial charge in [0.05, 0.1) is 48.7 Å². The fourth-order valence-electron chi connectivity index (χ4n) is 3.60. The van der Waals surface area contributed by atoms with Crippen molar-refractivity contribution < 1.29 is 24.1 Å². The SMILES string of the molecule is CC#CC(CC(=O)O)c1ccc(OCC(COCC2CC2)COc2ccc(C#N)c(Cl)c2)cc1.ICC1CC1. The minimum absolute atomic E-state index is 0.0152.